The third kappa shape index (κ3) is 24.1. The van der Waals surface area contributed by atoms with Crippen molar-refractivity contribution in [1.82, 2.24) is 15.3 Å². The molecule has 0 saturated heterocycles. The number of nitrogens with one attached hydrogen (secondary N) is 2. The molecule has 0 aliphatic heterocycles. The summed E-state index contributed by atoms with van der Waals surface area (Å²) < 4.78 is 0. The Bertz CT molecular complexity index is 641. The molecule has 1 rings (SSSR count). The van der Waals surface area contributed by atoms with Crippen LogP contribution < -0.4 is 40.0 Å². The molecule has 1 aromatic heterocycles. The second-order valence-electron chi connectivity index (χ2n) is 8.84. The molecule has 0 radical (unpaired) electrons. The van der Waals surface area contributed by atoms with E-state index in [-0.39, 0.29) is 48.3 Å². The summed E-state index contributed by atoms with van der Waals surface area (Å²) in [6.45, 7) is 4.38. The quantitative estimate of drug-likeness (QED) is 0.182. The van der Waals surface area contributed by atoms with Crippen LogP contribution in [0.3, 0.4) is 0 Å². The van der Waals surface area contributed by atoms with Gasteiger partial charge in [-0.25, -0.2) is 9.78 Å². The van der Waals surface area contributed by atoms with Crippen LogP contribution in [0.25, 0.3) is 0 Å². The van der Waals surface area contributed by atoms with E-state index in [1.165, 1.54) is 64.1 Å². The fourth-order valence-corrected chi connectivity index (χ4v) is 3.55. The Kier molecular flexibility index (Phi) is 26.3. The first kappa shape index (κ1) is 35.8. The number of carboxylic acids is 2. The molecule has 1 aromatic rings. The Morgan fingerprint density at radius 2 is 1.37 bits per heavy atom. The van der Waals surface area contributed by atoms with E-state index in [1.807, 2.05) is 0 Å². The average Bonchev–Trinajstić information content (AvgIpc) is 3.31. The van der Waals surface area contributed by atoms with E-state index in [0.29, 0.717) is 12.1 Å². The zero-order valence-electron chi connectivity index (χ0n) is 22.3. The number of unbranched alkanes of at least 4 members (excludes halogenated alkanes) is 12. The number of H-pyrrole nitrogens is 1. The fourth-order valence-electron chi connectivity index (χ4n) is 3.55. The van der Waals surface area contributed by atoms with E-state index in [1.54, 1.807) is 6.20 Å². The van der Waals surface area contributed by atoms with Gasteiger partial charge < -0.3 is 25.3 Å². The van der Waals surface area contributed by atoms with Crippen molar-refractivity contribution >= 4 is 17.8 Å². The van der Waals surface area contributed by atoms with Crippen LogP contribution in [0, 0.1) is 0 Å². The summed E-state index contributed by atoms with van der Waals surface area (Å²) in [5.41, 5.74) is 0.628. The molecule has 0 spiro atoms. The second-order valence-corrected chi connectivity index (χ2v) is 8.84. The molecule has 1 heterocycles. The molecule has 0 bridgehead atoms. The number of nitrogens with zero attached hydrogens (tertiary/aromatic N) is 1. The van der Waals surface area contributed by atoms with Gasteiger partial charge in [-0.05, 0) is 19.3 Å². The van der Waals surface area contributed by atoms with E-state index >= 15 is 0 Å². The SMILES string of the molecule is CCCCCCCCCC(=O)N[C@@H](Cc1c[nH]cn1)C(=O)O.CCCCCCCCCC(=O)[O-].[Na+]. The number of hydrogen-bond donors (Lipinski definition) is 3. The van der Waals surface area contributed by atoms with Gasteiger partial charge in [0.25, 0.3) is 0 Å². The molecular weight excluding hydrogens is 457 g/mol. The van der Waals surface area contributed by atoms with Crippen molar-refractivity contribution in [2.24, 2.45) is 0 Å². The topological polar surface area (TPSA) is 135 Å². The number of rotatable bonds is 20. The van der Waals surface area contributed by atoms with E-state index < -0.39 is 18.0 Å². The van der Waals surface area contributed by atoms with Crippen LogP contribution in [0.4, 0.5) is 0 Å². The minimum atomic E-state index is -1.03. The normalized spacial score (nSPS) is 11.0. The van der Waals surface area contributed by atoms with Crippen LogP contribution in [0.15, 0.2) is 12.5 Å². The molecular formula is C26H46N3NaO5. The maximum Gasteiger partial charge on any atom is 1.00 e. The molecule has 8 nitrogen and oxygen atoms in total. The zero-order valence-corrected chi connectivity index (χ0v) is 24.3. The van der Waals surface area contributed by atoms with Crippen molar-refractivity contribution in [3.05, 3.63) is 18.2 Å². The van der Waals surface area contributed by atoms with Crippen LogP contribution in [-0.4, -0.2) is 39.0 Å². The number of carboxylic acid groups (broad SMARTS) is 2. The summed E-state index contributed by atoms with van der Waals surface area (Å²) in [4.78, 5) is 39.8. The number of carbonyl (C=O) groups excluding carboxylic acids is 2. The Balaban J connectivity index is 0. The molecule has 0 aliphatic carbocycles. The van der Waals surface area contributed by atoms with Gasteiger partial charge >= 0.3 is 35.5 Å². The number of carbonyl (C=O) groups is 3. The first-order valence-electron chi connectivity index (χ1n) is 13.1. The van der Waals surface area contributed by atoms with E-state index in [2.05, 4.69) is 29.1 Å². The Labute approximate surface area is 233 Å². The van der Waals surface area contributed by atoms with Crippen LogP contribution in [0.2, 0.25) is 0 Å². The second kappa shape index (κ2) is 25.7. The van der Waals surface area contributed by atoms with Gasteiger partial charge in [-0.1, -0.05) is 90.9 Å². The monoisotopic (exact) mass is 503 g/mol. The maximum absolute atomic E-state index is 11.8. The first-order chi connectivity index (χ1) is 16.4. The summed E-state index contributed by atoms with van der Waals surface area (Å²) in [5, 5.41) is 21.8. The van der Waals surface area contributed by atoms with Crippen molar-refractivity contribution in [1.29, 1.82) is 0 Å². The van der Waals surface area contributed by atoms with E-state index in [4.69, 9.17) is 5.11 Å². The summed E-state index contributed by atoms with van der Waals surface area (Å²) >= 11 is 0. The molecule has 196 valence electrons. The van der Waals surface area contributed by atoms with Gasteiger partial charge in [0, 0.05) is 25.0 Å². The molecule has 35 heavy (non-hydrogen) atoms. The summed E-state index contributed by atoms with van der Waals surface area (Å²) in [6.07, 6.45) is 20.0. The predicted octanol–water partition coefficient (Wildman–Crippen LogP) is 1.54. The number of amides is 1. The molecule has 0 unspecified atom stereocenters. The molecule has 0 fully saturated rings. The third-order valence-electron chi connectivity index (χ3n) is 5.59. The zero-order chi connectivity index (χ0) is 25.4. The Hall–Kier alpha value is -1.38. The van der Waals surface area contributed by atoms with Crippen LogP contribution >= 0.6 is 0 Å². The molecule has 0 saturated carbocycles. The maximum atomic E-state index is 11.8. The van der Waals surface area contributed by atoms with Crippen molar-refractivity contribution in [2.75, 3.05) is 0 Å². The smallest absolute Gasteiger partial charge is 0.550 e. The van der Waals surface area contributed by atoms with Gasteiger partial charge in [0.05, 0.1) is 12.0 Å². The minimum absolute atomic E-state index is 0. The van der Waals surface area contributed by atoms with E-state index in [0.717, 1.165) is 32.1 Å². The van der Waals surface area contributed by atoms with Gasteiger partial charge in [0.1, 0.15) is 6.04 Å². The van der Waals surface area contributed by atoms with Crippen LogP contribution in [0.5, 0.6) is 0 Å². The largest absolute Gasteiger partial charge is 1.00 e. The minimum Gasteiger partial charge on any atom is -0.550 e. The summed E-state index contributed by atoms with van der Waals surface area (Å²) in [5.74, 6) is -2.14. The number of imidazole rings is 1. The van der Waals surface area contributed by atoms with Gasteiger partial charge in [0.2, 0.25) is 5.91 Å². The van der Waals surface area contributed by atoms with Crippen molar-refractivity contribution < 1.29 is 54.2 Å². The molecule has 3 N–H and O–H groups in total. The van der Waals surface area contributed by atoms with Crippen LogP contribution in [0.1, 0.15) is 122 Å². The van der Waals surface area contributed by atoms with Crippen molar-refractivity contribution in [2.45, 2.75) is 129 Å². The molecule has 9 heteroatoms. The Morgan fingerprint density at radius 3 is 1.80 bits per heavy atom. The van der Waals surface area contributed by atoms with Crippen molar-refractivity contribution in [3.63, 3.8) is 0 Å². The molecule has 0 aromatic carbocycles. The number of hydrogen-bond acceptors (Lipinski definition) is 5. The molecule has 0 aliphatic rings. The van der Waals surface area contributed by atoms with Gasteiger partial charge in [-0.15, -0.1) is 0 Å². The third-order valence-corrected chi connectivity index (χ3v) is 5.59. The first-order valence-corrected chi connectivity index (χ1v) is 13.1. The van der Waals surface area contributed by atoms with Gasteiger partial charge in [0.15, 0.2) is 0 Å². The molecule has 1 atom stereocenters. The average molecular weight is 504 g/mol. The predicted molar refractivity (Wildman–Crippen MR) is 132 cm³/mol. The number of aliphatic carboxylic acids is 2. The summed E-state index contributed by atoms with van der Waals surface area (Å²) in [6, 6.07) is -0.916. The van der Waals surface area contributed by atoms with Crippen molar-refractivity contribution in [3.8, 4) is 0 Å². The fraction of sp³-hybridized carbons (Fsp3) is 0.769. The number of aromatic nitrogens is 2. The van der Waals surface area contributed by atoms with E-state index in [9.17, 15) is 19.5 Å². The van der Waals surface area contributed by atoms with Gasteiger partial charge in [-0.3, -0.25) is 4.79 Å². The molecule has 1 amide bonds. The number of aromatic amines is 1. The standard InChI is InChI=1S/C16H27N3O3.C10H20O2.Na/c1-2-3-4-5-6-7-8-9-15(20)19-14(16(21)22)10-13-11-17-12-18-13;1-2-3-4-5-6-7-8-9-10(11)12;/h11-12,14H,2-10H2,1H3,(H,17,18)(H,19,20)(H,21,22);2-9H2,1H3,(H,11,12);/q;;+1/p-1/t14-;;/m0../s1. The summed E-state index contributed by atoms with van der Waals surface area (Å²) in [7, 11) is 0. The van der Waals surface area contributed by atoms with Gasteiger partial charge in [-0.2, -0.15) is 0 Å². The Morgan fingerprint density at radius 1 is 0.886 bits per heavy atom. The van der Waals surface area contributed by atoms with Crippen LogP contribution in [-0.2, 0) is 20.8 Å².